The summed E-state index contributed by atoms with van der Waals surface area (Å²) in [5, 5.41) is 0. The van der Waals surface area contributed by atoms with E-state index in [2.05, 4.69) is 11.1 Å². The Balaban J connectivity index is 2.32. The van der Waals surface area contributed by atoms with Crippen molar-refractivity contribution >= 4 is 17.6 Å². The van der Waals surface area contributed by atoms with Crippen molar-refractivity contribution in [1.82, 2.24) is 0 Å². The molecule has 15 heavy (non-hydrogen) atoms. The fraction of sp³-hybridized carbons (Fsp3) is 0.231. The number of nitrogens with zero attached hydrogens (tertiary/aromatic N) is 1. The van der Waals surface area contributed by atoms with E-state index in [0.717, 1.165) is 24.1 Å². The van der Waals surface area contributed by atoms with Gasteiger partial charge in [0.15, 0.2) is 5.78 Å². The van der Waals surface area contributed by atoms with Crippen LogP contribution in [-0.4, -0.2) is 18.5 Å². The first kappa shape index (κ1) is 9.84. The van der Waals surface area contributed by atoms with E-state index >= 15 is 0 Å². The van der Waals surface area contributed by atoms with Crippen LogP contribution in [0.15, 0.2) is 35.3 Å². The van der Waals surface area contributed by atoms with Crippen LogP contribution in [0.2, 0.25) is 0 Å². The average Bonchev–Trinajstić information content (AvgIpc) is 2.30. The summed E-state index contributed by atoms with van der Waals surface area (Å²) in [4.78, 5) is 15.4. The summed E-state index contributed by atoms with van der Waals surface area (Å²) >= 11 is 0. The number of allylic oxidation sites excluding steroid dienone is 1. The third-order valence-electron chi connectivity index (χ3n) is 2.52. The number of carbonyl (C=O) groups is 1. The van der Waals surface area contributed by atoms with Crippen LogP contribution in [0.1, 0.15) is 29.3 Å². The fourth-order valence-electron chi connectivity index (χ4n) is 1.66. The summed E-state index contributed by atoms with van der Waals surface area (Å²) < 4.78 is 0. The molecule has 0 aromatic heterocycles. The van der Waals surface area contributed by atoms with Gasteiger partial charge in [-0.2, -0.15) is 0 Å². The van der Waals surface area contributed by atoms with Crippen LogP contribution < -0.4 is 0 Å². The van der Waals surface area contributed by atoms with E-state index in [4.69, 9.17) is 0 Å². The summed E-state index contributed by atoms with van der Waals surface area (Å²) in [6.45, 7) is 2.34. The van der Waals surface area contributed by atoms with Crippen LogP contribution in [0.4, 0.5) is 0 Å². The Morgan fingerprint density at radius 3 is 2.93 bits per heavy atom. The maximum atomic E-state index is 11.2. The number of hydrogen-bond donors (Lipinski definition) is 0. The van der Waals surface area contributed by atoms with E-state index < -0.39 is 0 Å². The average molecular weight is 199 g/mol. The van der Waals surface area contributed by atoms with Gasteiger partial charge in [0.2, 0.25) is 0 Å². The molecule has 1 aromatic carbocycles. The van der Waals surface area contributed by atoms with Crippen molar-refractivity contribution in [3.8, 4) is 0 Å². The Morgan fingerprint density at radius 1 is 1.40 bits per heavy atom. The lowest BCUT2D eigenvalue weighted by Crippen LogP contribution is -1.97. The number of rotatable bonds is 2. The molecule has 1 aliphatic heterocycles. The Morgan fingerprint density at radius 2 is 2.27 bits per heavy atom. The van der Waals surface area contributed by atoms with Crippen molar-refractivity contribution in [3.05, 3.63) is 41.5 Å². The lowest BCUT2D eigenvalue weighted by Gasteiger charge is -2.09. The first-order valence-corrected chi connectivity index (χ1v) is 5.06. The molecule has 0 N–H and O–H groups in total. The van der Waals surface area contributed by atoms with Crippen LogP contribution in [0.25, 0.3) is 5.57 Å². The van der Waals surface area contributed by atoms with Gasteiger partial charge in [0.25, 0.3) is 0 Å². The Bertz CT molecular complexity index is 444. The minimum atomic E-state index is 0.113. The molecule has 0 unspecified atom stereocenters. The smallest absolute Gasteiger partial charge is 0.159 e. The first-order valence-electron chi connectivity index (χ1n) is 5.06. The summed E-state index contributed by atoms with van der Waals surface area (Å²) in [6, 6.07) is 7.77. The van der Waals surface area contributed by atoms with E-state index in [1.807, 2.05) is 30.5 Å². The zero-order valence-electron chi connectivity index (χ0n) is 8.73. The number of carbonyl (C=O) groups excluding carboxylic acids is 1. The van der Waals surface area contributed by atoms with Gasteiger partial charge in [-0.1, -0.05) is 24.3 Å². The van der Waals surface area contributed by atoms with Crippen LogP contribution in [0, 0.1) is 0 Å². The van der Waals surface area contributed by atoms with Gasteiger partial charge in [0.05, 0.1) is 6.54 Å². The molecule has 1 aliphatic rings. The molecular formula is C13H13NO. The molecule has 0 amide bonds. The van der Waals surface area contributed by atoms with Crippen LogP contribution in [0.3, 0.4) is 0 Å². The molecule has 0 saturated heterocycles. The standard InChI is InChI=1S/C13H13NO/c1-10(15)12-3-2-4-13(9-12)11-5-7-14-8-6-11/h2-5,8-9H,6-7H2,1H3. The van der Waals surface area contributed by atoms with E-state index in [-0.39, 0.29) is 5.78 Å². The van der Waals surface area contributed by atoms with E-state index in [0.29, 0.717) is 0 Å². The van der Waals surface area contributed by atoms with Gasteiger partial charge in [-0.05, 0) is 24.1 Å². The topological polar surface area (TPSA) is 29.4 Å². The maximum absolute atomic E-state index is 11.2. The predicted molar refractivity (Wildman–Crippen MR) is 62.4 cm³/mol. The number of hydrogen-bond acceptors (Lipinski definition) is 2. The molecule has 0 spiro atoms. The SMILES string of the molecule is CC(=O)c1cccc(C2=CCN=CC2)c1. The Labute approximate surface area is 89.3 Å². The molecule has 0 radical (unpaired) electrons. The number of ketones is 1. The highest BCUT2D eigenvalue weighted by Gasteiger charge is 2.05. The minimum Gasteiger partial charge on any atom is -0.295 e. The summed E-state index contributed by atoms with van der Waals surface area (Å²) in [5.74, 6) is 0.113. The number of Topliss-reactive ketones (excluding diaryl/α,β-unsaturated/α-hetero) is 1. The molecule has 76 valence electrons. The number of aliphatic imine (C=N–C) groups is 1. The molecule has 0 bridgehead atoms. The summed E-state index contributed by atoms with van der Waals surface area (Å²) in [6.07, 6.45) is 4.90. The monoisotopic (exact) mass is 199 g/mol. The van der Waals surface area contributed by atoms with Gasteiger partial charge in [-0.15, -0.1) is 0 Å². The molecule has 2 heteroatoms. The van der Waals surface area contributed by atoms with Gasteiger partial charge in [-0.3, -0.25) is 9.79 Å². The molecule has 0 aliphatic carbocycles. The number of dihydropyridines is 1. The fourth-order valence-corrected chi connectivity index (χ4v) is 1.66. The van der Waals surface area contributed by atoms with Crippen LogP contribution in [-0.2, 0) is 0 Å². The van der Waals surface area contributed by atoms with Crippen LogP contribution >= 0.6 is 0 Å². The van der Waals surface area contributed by atoms with E-state index in [9.17, 15) is 4.79 Å². The van der Waals surface area contributed by atoms with Gasteiger partial charge in [0, 0.05) is 18.2 Å². The Kier molecular flexibility index (Phi) is 2.77. The van der Waals surface area contributed by atoms with Gasteiger partial charge in [-0.25, -0.2) is 0 Å². The summed E-state index contributed by atoms with van der Waals surface area (Å²) in [7, 11) is 0. The van der Waals surface area contributed by atoms with Crippen LogP contribution in [0.5, 0.6) is 0 Å². The van der Waals surface area contributed by atoms with Gasteiger partial charge in [0.1, 0.15) is 0 Å². The third kappa shape index (κ3) is 2.21. The molecule has 0 saturated carbocycles. The van der Waals surface area contributed by atoms with Crippen molar-refractivity contribution in [3.63, 3.8) is 0 Å². The van der Waals surface area contributed by atoms with Gasteiger partial charge < -0.3 is 0 Å². The summed E-state index contributed by atoms with van der Waals surface area (Å²) in [5.41, 5.74) is 3.16. The normalized spacial score (nSPS) is 14.9. The zero-order valence-corrected chi connectivity index (χ0v) is 8.73. The predicted octanol–water partition coefficient (Wildman–Crippen LogP) is 2.75. The van der Waals surface area contributed by atoms with Crippen molar-refractivity contribution in [2.24, 2.45) is 4.99 Å². The van der Waals surface area contributed by atoms with Gasteiger partial charge >= 0.3 is 0 Å². The molecule has 2 nitrogen and oxygen atoms in total. The lowest BCUT2D eigenvalue weighted by atomic mass is 9.98. The largest absolute Gasteiger partial charge is 0.295 e. The first-order chi connectivity index (χ1) is 7.27. The molecule has 0 atom stereocenters. The third-order valence-corrected chi connectivity index (χ3v) is 2.52. The minimum absolute atomic E-state index is 0.113. The second kappa shape index (κ2) is 4.22. The zero-order chi connectivity index (χ0) is 10.7. The van der Waals surface area contributed by atoms with Crippen molar-refractivity contribution in [2.45, 2.75) is 13.3 Å². The maximum Gasteiger partial charge on any atom is 0.159 e. The number of benzene rings is 1. The molecule has 2 rings (SSSR count). The molecule has 1 aromatic rings. The highest BCUT2D eigenvalue weighted by molar-refractivity contribution is 5.95. The van der Waals surface area contributed by atoms with E-state index in [1.165, 1.54) is 5.57 Å². The highest BCUT2D eigenvalue weighted by Crippen LogP contribution is 2.20. The lowest BCUT2D eigenvalue weighted by molar-refractivity contribution is 0.101. The Hall–Kier alpha value is -1.70. The van der Waals surface area contributed by atoms with E-state index in [1.54, 1.807) is 6.92 Å². The van der Waals surface area contributed by atoms with Crippen molar-refractivity contribution in [1.29, 1.82) is 0 Å². The highest BCUT2D eigenvalue weighted by atomic mass is 16.1. The molecular weight excluding hydrogens is 186 g/mol. The molecule has 1 heterocycles. The second-order valence-electron chi connectivity index (χ2n) is 3.62. The van der Waals surface area contributed by atoms with Crippen molar-refractivity contribution in [2.75, 3.05) is 6.54 Å². The second-order valence-corrected chi connectivity index (χ2v) is 3.62. The van der Waals surface area contributed by atoms with Crippen molar-refractivity contribution < 1.29 is 4.79 Å². The quantitative estimate of drug-likeness (QED) is 0.673. The molecule has 0 fully saturated rings.